The smallest absolute Gasteiger partial charge is 2.00 e. The standard InChI is InChI=1S/2Al.2Ba.5O3Si.2Sr.4H/c;;;;5*1-4(2)3;;;;;;/q2*+3;;;5*-2;2*+2;;;;. The molecule has 0 aromatic carbocycles. The average Bonchev–Trinajstić information content (AvgIpc) is 1.94. The van der Waals surface area contributed by atoms with Gasteiger partial charge in [0.2, 0.25) is 0 Å². The van der Waals surface area contributed by atoms with E-state index in [1.807, 2.05) is 0 Å². The molecule has 0 aliphatic rings. The second kappa shape index (κ2) is 63.1. The largest absolute Gasteiger partial charge is 2.00 e. The SMILES string of the molecule is O=[Si]([O-])[O-].O=[Si]([O-])[O-].O=[Si]([O-])[O-].O=[Si]([O-])[O-].O=[Si]([O-])[O-].[Al+3].[Al+3].[BaH2].[BaH2].[Sr+2].[Sr+2]. The molecule has 0 bridgehead atoms. The second-order valence-electron chi connectivity index (χ2n) is 1.25. The molecule has 0 aromatic rings. The van der Waals surface area contributed by atoms with E-state index in [-0.39, 0.29) is 223 Å². The molecule has 0 saturated carbocycles. The summed E-state index contributed by atoms with van der Waals surface area (Å²) in [5.41, 5.74) is 0. The van der Waals surface area contributed by atoms with Gasteiger partial charge in [-0.3, -0.25) is 0 Å². The average molecular weight is 888 g/mol. The van der Waals surface area contributed by atoms with Crippen molar-refractivity contribution in [2.75, 3.05) is 0 Å². The van der Waals surface area contributed by atoms with Crippen LogP contribution in [0.2, 0.25) is 0 Å². The molecule has 26 heavy (non-hydrogen) atoms. The Hall–Kier alpha value is 5.25. The predicted octanol–water partition coefficient (Wildman–Crippen LogP) is -17.7. The first kappa shape index (κ1) is 69.7. The van der Waals surface area contributed by atoms with Gasteiger partial charge in [0.05, 0.1) is 0 Å². The summed E-state index contributed by atoms with van der Waals surface area (Å²) in [6.07, 6.45) is 0. The van der Waals surface area contributed by atoms with E-state index in [2.05, 4.69) is 0 Å². The van der Waals surface area contributed by atoms with Crippen LogP contribution >= 0.6 is 0 Å². The molecule has 0 amide bonds. The van der Waals surface area contributed by atoms with Gasteiger partial charge in [-0.1, -0.05) is 0 Å². The van der Waals surface area contributed by atoms with Crippen LogP contribution in [-0.2, 0) is 22.3 Å². The van der Waals surface area contributed by atoms with E-state index >= 15 is 0 Å². The first-order valence-electron chi connectivity index (χ1n) is 3.06. The summed E-state index contributed by atoms with van der Waals surface area (Å²) in [7, 11) is -18.1. The molecule has 0 unspecified atom stereocenters. The van der Waals surface area contributed by atoms with E-state index in [9.17, 15) is 0 Å². The summed E-state index contributed by atoms with van der Waals surface area (Å²) < 4.78 is 42.6. The minimum Gasteiger partial charge on any atom is 2.00 e. The van der Waals surface area contributed by atoms with Crippen molar-refractivity contribution >= 4 is 269 Å². The van der Waals surface area contributed by atoms with Crippen LogP contribution in [0.5, 0.6) is 0 Å². The molecule has 26 heteroatoms. The maximum Gasteiger partial charge on any atom is 2.00 e. The minimum atomic E-state index is -3.63. The van der Waals surface area contributed by atoms with Gasteiger partial charge in [-0.2, -0.15) is 0 Å². The third-order valence-electron chi connectivity index (χ3n) is 0. The Morgan fingerprint density at radius 2 is 0.346 bits per heavy atom. The fraction of sp³-hybridized carbons (Fsp3) is 0. The van der Waals surface area contributed by atoms with Gasteiger partial charge in [0.15, 0.2) is 0 Å². The van der Waals surface area contributed by atoms with Gasteiger partial charge in [-0.25, -0.2) is 0 Å². The Kier molecular flexibility index (Phi) is 169. The Bertz CT molecular complexity index is 231. The fourth-order valence-corrected chi connectivity index (χ4v) is 0. The van der Waals surface area contributed by atoms with E-state index in [1.54, 1.807) is 0 Å². The molecular weight excluding hydrogens is 884 g/mol. The number of hydrogen-bond acceptors (Lipinski definition) is 15. The van der Waals surface area contributed by atoms with E-state index in [0.717, 1.165) is 0 Å². The van der Waals surface area contributed by atoms with Crippen molar-refractivity contribution in [3.8, 4) is 0 Å². The van der Waals surface area contributed by atoms with Crippen LogP contribution in [0.3, 0.4) is 0 Å². The van der Waals surface area contributed by atoms with Crippen LogP contribution in [0.1, 0.15) is 0 Å². The summed E-state index contributed by atoms with van der Waals surface area (Å²) in [5.74, 6) is 0. The van der Waals surface area contributed by atoms with Crippen LogP contribution in [0, 0.1) is 0 Å². The van der Waals surface area contributed by atoms with Crippen molar-refractivity contribution in [2.45, 2.75) is 0 Å². The third-order valence-corrected chi connectivity index (χ3v) is 0. The van der Waals surface area contributed by atoms with E-state index < -0.39 is 45.9 Å². The zero-order chi connectivity index (χ0) is 17.9. The van der Waals surface area contributed by atoms with E-state index in [0.29, 0.717) is 0 Å². The summed E-state index contributed by atoms with van der Waals surface area (Å²) in [6, 6.07) is 0. The molecule has 0 aliphatic carbocycles. The normalized spacial score (nSPS) is 4.62. The van der Waals surface area contributed by atoms with Crippen LogP contribution < -0.4 is 48.0 Å². The zero-order valence-corrected chi connectivity index (χ0v) is 25.5. The molecule has 0 heterocycles. The third kappa shape index (κ3) is 846. The van der Waals surface area contributed by atoms with Gasteiger partial charge < -0.3 is 70.3 Å². The van der Waals surface area contributed by atoms with Crippen molar-refractivity contribution in [3.63, 3.8) is 0 Å². The molecule has 15 nitrogen and oxygen atoms in total. The van der Waals surface area contributed by atoms with Crippen molar-refractivity contribution in [1.82, 2.24) is 0 Å². The van der Waals surface area contributed by atoms with E-state index in [1.165, 1.54) is 0 Å². The van der Waals surface area contributed by atoms with E-state index in [4.69, 9.17) is 70.3 Å². The van der Waals surface area contributed by atoms with Gasteiger partial charge in [-0.15, -0.1) is 0 Å². The van der Waals surface area contributed by atoms with Crippen LogP contribution in [0.15, 0.2) is 0 Å². The molecule has 0 rings (SSSR count). The van der Waals surface area contributed by atoms with Crippen LogP contribution in [0.4, 0.5) is 0 Å². The van der Waals surface area contributed by atoms with Crippen molar-refractivity contribution in [1.29, 1.82) is 0 Å². The molecular formula is H4Al2Ba2O15Si5Sr2. The first-order valence-corrected chi connectivity index (χ1v) is 9.19. The summed E-state index contributed by atoms with van der Waals surface area (Å²) in [4.78, 5) is 85.2. The molecule has 0 aliphatic heterocycles. The quantitative estimate of drug-likeness (QED) is 0.204. The maximum absolute atomic E-state index is 8.52. The Labute approximate surface area is 330 Å². The number of rotatable bonds is 0. The molecule has 0 saturated heterocycles. The molecule has 0 spiro atoms. The van der Waals surface area contributed by atoms with Crippen molar-refractivity contribution in [3.05, 3.63) is 0 Å². The Morgan fingerprint density at radius 1 is 0.346 bits per heavy atom. The van der Waals surface area contributed by atoms with Crippen LogP contribution in [0.25, 0.3) is 0 Å². The van der Waals surface area contributed by atoms with Crippen molar-refractivity contribution in [2.24, 2.45) is 0 Å². The summed E-state index contributed by atoms with van der Waals surface area (Å²) >= 11 is 0. The van der Waals surface area contributed by atoms with Gasteiger partial charge in [-0.05, 0) is 0 Å². The molecule has 0 aromatic heterocycles. The van der Waals surface area contributed by atoms with Crippen molar-refractivity contribution < 1.29 is 70.3 Å². The Morgan fingerprint density at radius 3 is 0.346 bits per heavy atom. The molecule has 0 radical (unpaired) electrons. The van der Waals surface area contributed by atoms with Gasteiger partial charge in [0.1, 0.15) is 0 Å². The van der Waals surface area contributed by atoms with Gasteiger partial charge >= 0.3 is 223 Å². The fourth-order valence-electron chi connectivity index (χ4n) is 0. The Balaban J connectivity index is -0.0000000114. The monoisotopic (exact) mass is 889 g/mol. The predicted molar refractivity (Wildman–Crippen MR) is 72.3 cm³/mol. The summed E-state index contributed by atoms with van der Waals surface area (Å²) in [6.45, 7) is 0. The molecule has 128 valence electrons. The van der Waals surface area contributed by atoms with Crippen LogP contribution in [-0.4, -0.2) is 269 Å². The number of hydrogen-bond donors (Lipinski definition) is 0. The minimum absolute atomic E-state index is 0. The molecule has 0 N–H and O–H groups in total. The maximum atomic E-state index is 8.52. The van der Waals surface area contributed by atoms with Gasteiger partial charge in [0, 0.05) is 45.9 Å². The summed E-state index contributed by atoms with van der Waals surface area (Å²) in [5, 5.41) is 0. The zero-order valence-electron chi connectivity index (χ0n) is 11.2. The molecule has 0 fully saturated rings. The second-order valence-corrected chi connectivity index (χ2v) is 3.75. The van der Waals surface area contributed by atoms with Gasteiger partial charge in [0.25, 0.3) is 0 Å². The topological polar surface area (TPSA) is 316 Å². The molecule has 0 atom stereocenters. The first-order chi connectivity index (χ1) is 8.66.